The summed E-state index contributed by atoms with van der Waals surface area (Å²) < 4.78 is 13.6. The van der Waals surface area contributed by atoms with Crippen LogP contribution >= 0.6 is 0 Å². The van der Waals surface area contributed by atoms with Crippen LogP contribution in [0.4, 0.5) is 0 Å². The predicted octanol–water partition coefficient (Wildman–Crippen LogP) is 3.43. The maximum absolute atomic E-state index is 5.79. The Hall–Kier alpha value is -2.14. The third-order valence-electron chi connectivity index (χ3n) is 4.16. The van der Waals surface area contributed by atoms with Crippen LogP contribution in [0.1, 0.15) is 18.6 Å². The summed E-state index contributed by atoms with van der Waals surface area (Å²) in [6.45, 7) is 4.50. The second-order valence-corrected chi connectivity index (χ2v) is 5.89. The molecule has 0 amide bonds. The van der Waals surface area contributed by atoms with Gasteiger partial charge in [-0.1, -0.05) is 0 Å². The fourth-order valence-electron chi connectivity index (χ4n) is 3.08. The minimum absolute atomic E-state index is 0.503. The largest absolute Gasteiger partial charge is 0.458 e. The molecule has 0 spiro atoms. The van der Waals surface area contributed by atoms with Crippen LogP contribution in [0.2, 0.25) is 0 Å². The van der Waals surface area contributed by atoms with Crippen molar-refractivity contribution in [3.63, 3.8) is 0 Å². The quantitative estimate of drug-likeness (QED) is 0.743. The van der Waals surface area contributed by atoms with Crippen molar-refractivity contribution in [1.82, 2.24) is 14.5 Å². The van der Waals surface area contributed by atoms with Gasteiger partial charge in [-0.05, 0) is 44.0 Å². The summed E-state index contributed by atoms with van der Waals surface area (Å²) in [6, 6.07) is 7.86. The van der Waals surface area contributed by atoms with E-state index in [-0.39, 0.29) is 0 Å². The molecule has 4 heterocycles. The number of imidazole rings is 1. The Bertz CT molecular complexity index is 784. The molecular weight excluding hydrogens is 278 g/mol. The lowest BCUT2D eigenvalue weighted by Gasteiger charge is -2.23. The van der Waals surface area contributed by atoms with Crippen LogP contribution < -0.4 is 0 Å². The van der Waals surface area contributed by atoms with Crippen LogP contribution in [0.25, 0.3) is 22.7 Å². The van der Waals surface area contributed by atoms with E-state index in [4.69, 9.17) is 14.1 Å². The average molecular weight is 297 g/mol. The van der Waals surface area contributed by atoms with E-state index in [2.05, 4.69) is 9.55 Å². The van der Waals surface area contributed by atoms with E-state index in [9.17, 15) is 0 Å². The van der Waals surface area contributed by atoms with E-state index in [1.54, 1.807) is 0 Å². The van der Waals surface area contributed by atoms with E-state index in [0.29, 0.717) is 5.92 Å². The summed E-state index contributed by atoms with van der Waals surface area (Å²) in [5.74, 6) is 3.05. The minimum Gasteiger partial charge on any atom is -0.458 e. The molecule has 0 radical (unpaired) electrons. The summed E-state index contributed by atoms with van der Waals surface area (Å²) in [4.78, 5) is 9.25. The smallest absolute Gasteiger partial charge is 0.178 e. The Balaban J connectivity index is 1.79. The zero-order chi connectivity index (χ0) is 14.9. The van der Waals surface area contributed by atoms with Crippen LogP contribution in [-0.4, -0.2) is 27.7 Å². The third kappa shape index (κ3) is 2.41. The second kappa shape index (κ2) is 5.57. The number of fused-ring (bicyclic) bond motifs is 1. The first-order valence-corrected chi connectivity index (χ1v) is 7.77. The van der Waals surface area contributed by atoms with Crippen molar-refractivity contribution in [3.8, 4) is 11.6 Å². The van der Waals surface area contributed by atoms with Gasteiger partial charge in [-0.15, -0.1) is 0 Å². The first kappa shape index (κ1) is 13.5. The van der Waals surface area contributed by atoms with Gasteiger partial charge >= 0.3 is 0 Å². The van der Waals surface area contributed by atoms with Crippen molar-refractivity contribution in [2.75, 3.05) is 13.2 Å². The number of aryl methyl sites for hydroxylation is 1. The highest BCUT2D eigenvalue weighted by Gasteiger charge is 2.21. The van der Waals surface area contributed by atoms with Crippen molar-refractivity contribution in [1.29, 1.82) is 0 Å². The first-order valence-electron chi connectivity index (χ1n) is 7.77. The lowest BCUT2D eigenvalue weighted by Crippen LogP contribution is -2.22. The normalized spacial score (nSPS) is 18.9. The lowest BCUT2D eigenvalue weighted by molar-refractivity contribution is 0.0488. The summed E-state index contributed by atoms with van der Waals surface area (Å²) >= 11 is 0. The zero-order valence-electron chi connectivity index (χ0n) is 12.7. The van der Waals surface area contributed by atoms with Gasteiger partial charge in [-0.2, -0.15) is 0 Å². The van der Waals surface area contributed by atoms with Crippen LogP contribution in [-0.2, 0) is 11.3 Å². The maximum atomic E-state index is 5.79. The van der Waals surface area contributed by atoms with Crippen LogP contribution in [0.5, 0.6) is 0 Å². The van der Waals surface area contributed by atoms with Crippen molar-refractivity contribution in [2.45, 2.75) is 26.3 Å². The molecule has 3 aromatic rings. The molecule has 0 aromatic carbocycles. The Morgan fingerprint density at radius 2 is 2.27 bits per heavy atom. The summed E-state index contributed by atoms with van der Waals surface area (Å²) in [5, 5.41) is 0. The molecule has 1 atom stereocenters. The molecule has 1 saturated heterocycles. The van der Waals surface area contributed by atoms with E-state index >= 15 is 0 Å². The molecule has 4 rings (SSSR count). The average Bonchev–Trinajstić information content (AvgIpc) is 3.13. The standard InChI is InChI=1S/C17H19N3O2/c1-12-6-7-15(22-12)17-19-14-5-2-8-18-16(14)20(17)10-13-4-3-9-21-11-13/h2,5-8,13H,3-4,9-11H2,1H3. The van der Waals surface area contributed by atoms with Gasteiger partial charge in [-0.25, -0.2) is 9.97 Å². The molecular formula is C17H19N3O2. The number of ether oxygens (including phenoxy) is 1. The van der Waals surface area contributed by atoms with Gasteiger partial charge in [0.2, 0.25) is 0 Å². The fraction of sp³-hybridized carbons (Fsp3) is 0.412. The third-order valence-corrected chi connectivity index (χ3v) is 4.16. The van der Waals surface area contributed by atoms with E-state index in [1.165, 1.54) is 6.42 Å². The highest BCUT2D eigenvalue weighted by molar-refractivity contribution is 5.75. The van der Waals surface area contributed by atoms with Gasteiger partial charge in [0.15, 0.2) is 17.2 Å². The predicted molar refractivity (Wildman–Crippen MR) is 83.5 cm³/mol. The first-order chi connectivity index (χ1) is 10.8. The SMILES string of the molecule is Cc1ccc(-c2nc3cccnc3n2CC2CCCOC2)o1. The number of pyridine rings is 1. The van der Waals surface area contributed by atoms with Gasteiger partial charge in [0.05, 0.1) is 6.61 Å². The van der Waals surface area contributed by atoms with Gasteiger partial charge in [0, 0.05) is 25.3 Å². The fourth-order valence-corrected chi connectivity index (χ4v) is 3.08. The van der Waals surface area contributed by atoms with Crippen molar-refractivity contribution in [3.05, 3.63) is 36.2 Å². The van der Waals surface area contributed by atoms with Crippen LogP contribution in [0, 0.1) is 12.8 Å². The molecule has 1 aliphatic rings. The number of aromatic nitrogens is 3. The molecule has 0 bridgehead atoms. The molecule has 22 heavy (non-hydrogen) atoms. The summed E-state index contributed by atoms with van der Waals surface area (Å²) in [6.07, 6.45) is 4.12. The number of hydrogen-bond acceptors (Lipinski definition) is 4. The number of rotatable bonds is 3. The van der Waals surface area contributed by atoms with E-state index < -0.39 is 0 Å². The van der Waals surface area contributed by atoms with Crippen LogP contribution in [0.3, 0.4) is 0 Å². The van der Waals surface area contributed by atoms with Crippen molar-refractivity contribution < 1.29 is 9.15 Å². The molecule has 1 unspecified atom stereocenters. The van der Waals surface area contributed by atoms with Gasteiger partial charge < -0.3 is 13.7 Å². The van der Waals surface area contributed by atoms with Crippen molar-refractivity contribution >= 4 is 11.2 Å². The topological polar surface area (TPSA) is 53.1 Å². The zero-order valence-corrected chi connectivity index (χ0v) is 12.7. The Morgan fingerprint density at radius 3 is 3.05 bits per heavy atom. The van der Waals surface area contributed by atoms with E-state index in [1.807, 2.05) is 37.4 Å². The van der Waals surface area contributed by atoms with E-state index in [0.717, 1.165) is 54.7 Å². The molecule has 5 heteroatoms. The Kier molecular flexibility index (Phi) is 3.42. The molecule has 3 aromatic heterocycles. The lowest BCUT2D eigenvalue weighted by atomic mass is 10.0. The number of furan rings is 1. The van der Waals surface area contributed by atoms with Crippen molar-refractivity contribution in [2.24, 2.45) is 5.92 Å². The highest BCUT2D eigenvalue weighted by Crippen LogP contribution is 2.27. The van der Waals surface area contributed by atoms with Gasteiger partial charge in [0.25, 0.3) is 0 Å². The second-order valence-electron chi connectivity index (χ2n) is 5.89. The molecule has 114 valence electrons. The number of hydrogen-bond donors (Lipinski definition) is 0. The maximum Gasteiger partial charge on any atom is 0.178 e. The highest BCUT2D eigenvalue weighted by atomic mass is 16.5. The van der Waals surface area contributed by atoms with Gasteiger partial charge in [0.1, 0.15) is 11.3 Å². The molecule has 5 nitrogen and oxygen atoms in total. The molecule has 0 N–H and O–H groups in total. The Labute approximate surface area is 128 Å². The summed E-state index contributed by atoms with van der Waals surface area (Å²) in [5.41, 5.74) is 1.82. The molecule has 0 saturated carbocycles. The monoisotopic (exact) mass is 297 g/mol. The summed E-state index contributed by atoms with van der Waals surface area (Å²) in [7, 11) is 0. The minimum atomic E-state index is 0.503. The number of nitrogens with zero attached hydrogens (tertiary/aromatic N) is 3. The Morgan fingerprint density at radius 1 is 1.32 bits per heavy atom. The molecule has 0 aliphatic carbocycles. The van der Waals surface area contributed by atoms with Gasteiger partial charge in [-0.3, -0.25) is 0 Å². The van der Waals surface area contributed by atoms with Crippen LogP contribution in [0.15, 0.2) is 34.9 Å². The molecule has 1 fully saturated rings. The molecule has 1 aliphatic heterocycles.